The Morgan fingerprint density at radius 3 is 1.59 bits per heavy atom. The maximum Gasteiger partial charge on any atom is 0.227 e. The number of hydrogen-bond donors (Lipinski definition) is 0. The van der Waals surface area contributed by atoms with Gasteiger partial charge in [0.15, 0.2) is 23.1 Å². The first-order valence-corrected chi connectivity index (χ1v) is 17.9. The van der Waals surface area contributed by atoms with Crippen LogP contribution in [0.2, 0.25) is 0 Å². The number of aromatic nitrogens is 4. The van der Waals surface area contributed by atoms with Gasteiger partial charge in [-0.05, 0) is 58.1 Å². The number of para-hydroxylation sites is 1. The summed E-state index contributed by atoms with van der Waals surface area (Å²) < 4.78 is 13.4. The van der Waals surface area contributed by atoms with Crippen LogP contribution in [0.3, 0.4) is 0 Å². The maximum absolute atomic E-state index is 6.78. The van der Waals surface area contributed by atoms with Crippen molar-refractivity contribution in [3.63, 3.8) is 0 Å². The van der Waals surface area contributed by atoms with Gasteiger partial charge in [-0.2, -0.15) is 0 Å². The van der Waals surface area contributed by atoms with Gasteiger partial charge in [-0.3, -0.25) is 0 Å². The molecule has 0 N–H and O–H groups in total. The third kappa shape index (κ3) is 4.81. The number of fused-ring (bicyclic) bond motifs is 8. The molecular weight excluding hydrogens is 665 g/mol. The van der Waals surface area contributed by atoms with E-state index in [4.69, 9.17) is 28.8 Å². The van der Waals surface area contributed by atoms with Crippen molar-refractivity contribution in [3.05, 3.63) is 170 Å². The summed E-state index contributed by atoms with van der Waals surface area (Å²) in [5.41, 5.74) is 8.91. The van der Waals surface area contributed by atoms with Crippen LogP contribution in [0.15, 0.2) is 179 Å². The summed E-state index contributed by atoms with van der Waals surface area (Å²) in [5, 5.41) is 6.15. The summed E-state index contributed by atoms with van der Waals surface area (Å²) in [6.45, 7) is 0. The van der Waals surface area contributed by atoms with Crippen molar-refractivity contribution in [3.8, 4) is 56.7 Å². The highest BCUT2D eigenvalue weighted by Gasteiger charge is 2.23. The van der Waals surface area contributed by atoms with Gasteiger partial charge >= 0.3 is 0 Å². The topological polar surface area (TPSA) is 77.8 Å². The molecule has 0 atom stereocenters. The molecule has 54 heavy (non-hydrogen) atoms. The Balaban J connectivity index is 1.16. The lowest BCUT2D eigenvalue weighted by Gasteiger charge is -2.14. The summed E-state index contributed by atoms with van der Waals surface area (Å²) in [7, 11) is 0. The molecule has 6 nitrogen and oxygen atoms in total. The molecule has 0 radical (unpaired) electrons. The van der Waals surface area contributed by atoms with Crippen LogP contribution in [-0.2, 0) is 0 Å². The van der Waals surface area contributed by atoms with E-state index in [1.165, 1.54) is 0 Å². The molecule has 252 valence electrons. The number of furan rings is 1. The number of nitrogens with zero attached hydrogens (tertiary/aromatic N) is 4. The molecule has 11 aromatic rings. The fourth-order valence-corrected chi connectivity index (χ4v) is 7.65. The van der Waals surface area contributed by atoms with E-state index in [-0.39, 0.29) is 0 Å². The van der Waals surface area contributed by atoms with Crippen LogP contribution in [0.25, 0.3) is 111 Å². The van der Waals surface area contributed by atoms with Crippen molar-refractivity contribution < 1.29 is 8.83 Å². The molecule has 6 heteroatoms. The second-order valence-electron chi connectivity index (χ2n) is 13.4. The fraction of sp³-hybridized carbons (Fsp3) is 0. The van der Waals surface area contributed by atoms with Gasteiger partial charge in [-0.25, -0.2) is 19.9 Å². The van der Waals surface area contributed by atoms with Crippen LogP contribution in [-0.4, -0.2) is 19.9 Å². The Labute approximate surface area is 309 Å². The van der Waals surface area contributed by atoms with Gasteiger partial charge < -0.3 is 8.83 Å². The molecule has 0 aliphatic heterocycles. The zero-order valence-corrected chi connectivity index (χ0v) is 28.8. The Kier molecular flexibility index (Phi) is 6.75. The molecule has 0 aliphatic carbocycles. The summed E-state index contributed by atoms with van der Waals surface area (Å²) in [6.07, 6.45) is 0. The van der Waals surface area contributed by atoms with Crippen molar-refractivity contribution in [2.24, 2.45) is 0 Å². The predicted molar refractivity (Wildman–Crippen MR) is 217 cm³/mol. The summed E-state index contributed by atoms with van der Waals surface area (Å²) in [5.74, 6) is 2.45. The van der Waals surface area contributed by atoms with E-state index < -0.39 is 0 Å². The largest absolute Gasteiger partial charge is 0.455 e. The molecule has 0 bridgehead atoms. The third-order valence-corrected chi connectivity index (χ3v) is 10.2. The first-order chi connectivity index (χ1) is 26.8. The van der Waals surface area contributed by atoms with Crippen LogP contribution in [0.1, 0.15) is 0 Å². The normalized spacial score (nSPS) is 11.7. The van der Waals surface area contributed by atoms with Gasteiger partial charge in [0.1, 0.15) is 16.7 Å². The van der Waals surface area contributed by atoms with E-state index in [0.717, 1.165) is 88.0 Å². The van der Waals surface area contributed by atoms with E-state index in [1.54, 1.807) is 0 Å². The van der Waals surface area contributed by atoms with Crippen LogP contribution in [0, 0.1) is 0 Å². The van der Waals surface area contributed by atoms with Crippen LogP contribution in [0.5, 0.6) is 0 Å². The standard InChI is InChI=1S/C48H28N4O2/c1-4-14-29(15-5-1)45-50-46(30-16-6-2-7-17-30)52-47(51-45)36-26-25-35(33-20-10-11-21-34(33)36)38-28-32-24-27-39-44(54-48(49-39)31-18-8-3-9-19-31)41(32)42-37-22-12-13-23-40(37)53-43(38)42/h1-28H. The van der Waals surface area contributed by atoms with Gasteiger partial charge in [-0.1, -0.05) is 133 Å². The fourth-order valence-electron chi connectivity index (χ4n) is 7.65. The maximum atomic E-state index is 6.78. The molecule has 0 unspecified atom stereocenters. The first-order valence-electron chi connectivity index (χ1n) is 17.9. The molecule has 0 spiro atoms. The first kappa shape index (κ1) is 30.2. The average molecular weight is 693 g/mol. The SMILES string of the molecule is c1ccc(-c2nc(-c3ccccc3)nc(-c3ccc(-c4cc5ccc6nc(-c7ccccc7)oc6c5c5c4oc4ccccc45)c4ccccc34)n2)cc1. The quantitative estimate of drug-likeness (QED) is 0.179. The van der Waals surface area contributed by atoms with Crippen molar-refractivity contribution in [1.29, 1.82) is 0 Å². The Morgan fingerprint density at radius 1 is 0.352 bits per heavy atom. The minimum atomic E-state index is 0.592. The van der Waals surface area contributed by atoms with Crippen LogP contribution in [0.4, 0.5) is 0 Å². The monoisotopic (exact) mass is 692 g/mol. The number of oxazole rings is 1. The molecule has 0 saturated heterocycles. The van der Waals surface area contributed by atoms with E-state index >= 15 is 0 Å². The van der Waals surface area contributed by atoms with E-state index in [2.05, 4.69) is 60.7 Å². The molecule has 0 aliphatic rings. The minimum Gasteiger partial charge on any atom is -0.455 e. The van der Waals surface area contributed by atoms with Crippen LogP contribution < -0.4 is 0 Å². The summed E-state index contributed by atoms with van der Waals surface area (Å²) in [4.78, 5) is 20.0. The lowest BCUT2D eigenvalue weighted by Crippen LogP contribution is -2.00. The van der Waals surface area contributed by atoms with E-state index in [0.29, 0.717) is 23.4 Å². The zero-order valence-electron chi connectivity index (χ0n) is 28.8. The molecule has 3 aromatic heterocycles. The van der Waals surface area contributed by atoms with Gasteiger partial charge in [-0.15, -0.1) is 0 Å². The minimum absolute atomic E-state index is 0.592. The lowest BCUT2D eigenvalue weighted by atomic mass is 9.91. The molecule has 0 fully saturated rings. The molecular formula is C48H28N4O2. The molecule has 8 aromatic carbocycles. The van der Waals surface area contributed by atoms with Crippen molar-refractivity contribution in [2.75, 3.05) is 0 Å². The molecule has 11 rings (SSSR count). The van der Waals surface area contributed by atoms with Crippen molar-refractivity contribution >= 4 is 54.6 Å². The Bertz CT molecular complexity index is 3150. The van der Waals surface area contributed by atoms with Crippen molar-refractivity contribution in [2.45, 2.75) is 0 Å². The second-order valence-corrected chi connectivity index (χ2v) is 13.4. The Morgan fingerprint density at radius 2 is 0.907 bits per heavy atom. The average Bonchev–Trinajstić information content (AvgIpc) is 3.87. The molecule has 3 heterocycles. The highest BCUT2D eigenvalue weighted by atomic mass is 16.3. The van der Waals surface area contributed by atoms with E-state index in [1.807, 2.05) is 109 Å². The molecule has 0 amide bonds. The van der Waals surface area contributed by atoms with Crippen molar-refractivity contribution in [1.82, 2.24) is 19.9 Å². The lowest BCUT2D eigenvalue weighted by molar-refractivity contribution is 0.623. The number of hydrogen-bond acceptors (Lipinski definition) is 6. The zero-order chi connectivity index (χ0) is 35.6. The van der Waals surface area contributed by atoms with Gasteiger partial charge in [0.25, 0.3) is 0 Å². The van der Waals surface area contributed by atoms with E-state index in [9.17, 15) is 0 Å². The third-order valence-electron chi connectivity index (χ3n) is 10.2. The van der Waals surface area contributed by atoms with Gasteiger partial charge in [0, 0.05) is 44.0 Å². The van der Waals surface area contributed by atoms with Gasteiger partial charge in [0.05, 0.1) is 0 Å². The predicted octanol–water partition coefficient (Wildman–Crippen LogP) is 12.6. The summed E-state index contributed by atoms with van der Waals surface area (Å²) >= 11 is 0. The van der Waals surface area contributed by atoms with Crippen LogP contribution >= 0.6 is 0 Å². The highest BCUT2D eigenvalue weighted by molar-refractivity contribution is 6.28. The number of rotatable bonds is 5. The smallest absolute Gasteiger partial charge is 0.227 e. The number of benzene rings is 8. The highest BCUT2D eigenvalue weighted by Crippen LogP contribution is 2.46. The Hall–Kier alpha value is -7.44. The summed E-state index contributed by atoms with van der Waals surface area (Å²) in [6, 6.07) is 57.5. The van der Waals surface area contributed by atoms with Gasteiger partial charge in [0.2, 0.25) is 5.89 Å². The molecule has 0 saturated carbocycles. The second kappa shape index (κ2) is 12.1.